The topological polar surface area (TPSA) is 89.3 Å². The van der Waals surface area contributed by atoms with Gasteiger partial charge in [0, 0.05) is 19.0 Å². The van der Waals surface area contributed by atoms with Crippen LogP contribution in [-0.4, -0.2) is 33.9 Å². The molecule has 0 saturated heterocycles. The second-order valence-corrected chi connectivity index (χ2v) is 6.46. The maximum absolute atomic E-state index is 11.7. The average molecular weight is 296 g/mol. The Hall–Kier alpha value is -1.63. The minimum Gasteiger partial charge on any atom is -0.444 e. The van der Waals surface area contributed by atoms with E-state index in [1.54, 1.807) is 6.92 Å². The summed E-state index contributed by atoms with van der Waals surface area (Å²) in [6, 6.07) is 0.507. The summed E-state index contributed by atoms with van der Waals surface area (Å²) in [6.07, 6.45) is 2.50. The van der Waals surface area contributed by atoms with Crippen LogP contribution >= 0.6 is 0 Å². The van der Waals surface area contributed by atoms with E-state index in [1.807, 2.05) is 20.8 Å². The van der Waals surface area contributed by atoms with Crippen molar-refractivity contribution in [2.24, 2.45) is 0 Å². The normalized spacial score (nSPS) is 22.3. The van der Waals surface area contributed by atoms with Crippen molar-refractivity contribution in [2.75, 3.05) is 0 Å². The molecule has 1 aromatic rings. The Bertz CT molecular complexity index is 481. The summed E-state index contributed by atoms with van der Waals surface area (Å²) >= 11 is 0. The molecule has 1 aliphatic carbocycles. The number of aryl methyl sites for hydroxylation is 1. The van der Waals surface area contributed by atoms with Gasteiger partial charge in [-0.3, -0.25) is 0 Å². The number of aromatic nitrogens is 2. The molecule has 0 aliphatic heterocycles. The number of amides is 1. The zero-order valence-electron chi connectivity index (χ0n) is 13.1. The highest BCUT2D eigenvalue weighted by molar-refractivity contribution is 5.68. The van der Waals surface area contributed by atoms with Crippen molar-refractivity contribution in [1.29, 1.82) is 0 Å². The molecule has 21 heavy (non-hydrogen) atoms. The monoisotopic (exact) mass is 296 g/mol. The highest BCUT2D eigenvalue weighted by Gasteiger charge is 2.27. The second-order valence-electron chi connectivity index (χ2n) is 6.46. The van der Waals surface area contributed by atoms with E-state index in [-0.39, 0.29) is 12.1 Å². The van der Waals surface area contributed by atoms with Gasteiger partial charge in [-0.2, -0.15) is 4.98 Å². The lowest BCUT2D eigenvalue weighted by molar-refractivity contribution is 0.0505. The average Bonchev–Trinajstić information content (AvgIpc) is 2.93. The molecule has 2 atom stereocenters. The fourth-order valence-corrected chi connectivity index (χ4v) is 2.42. The van der Waals surface area contributed by atoms with Crippen LogP contribution in [0.1, 0.15) is 51.7 Å². The van der Waals surface area contributed by atoms with Gasteiger partial charge in [0.05, 0.1) is 6.54 Å². The largest absolute Gasteiger partial charge is 0.444 e. The molecule has 0 spiro atoms. The van der Waals surface area contributed by atoms with Gasteiger partial charge in [0.2, 0.25) is 5.89 Å². The fourth-order valence-electron chi connectivity index (χ4n) is 2.42. The molecule has 1 saturated carbocycles. The third kappa shape index (κ3) is 5.34. The molecular formula is C14H24N4O3. The first-order chi connectivity index (χ1) is 9.82. The standard InChI is InChI=1S/C14H24N4O3/c1-9-16-12(18-21-9)8-15-10-5-6-11(7-10)17-13(19)20-14(2,3)4/h10-11,15H,5-8H2,1-4H3,(H,17,19). The van der Waals surface area contributed by atoms with E-state index in [0.29, 0.717) is 24.3 Å². The number of nitrogens with zero attached hydrogens (tertiary/aromatic N) is 2. The van der Waals surface area contributed by atoms with Gasteiger partial charge in [-0.05, 0) is 40.0 Å². The molecule has 7 heteroatoms. The zero-order valence-corrected chi connectivity index (χ0v) is 13.1. The van der Waals surface area contributed by atoms with Crippen molar-refractivity contribution < 1.29 is 14.1 Å². The third-order valence-corrected chi connectivity index (χ3v) is 3.27. The highest BCUT2D eigenvalue weighted by atomic mass is 16.6. The first-order valence-corrected chi connectivity index (χ1v) is 7.34. The van der Waals surface area contributed by atoms with Gasteiger partial charge in [-0.1, -0.05) is 5.16 Å². The van der Waals surface area contributed by atoms with E-state index in [4.69, 9.17) is 9.26 Å². The lowest BCUT2D eigenvalue weighted by Gasteiger charge is -2.21. The van der Waals surface area contributed by atoms with E-state index in [1.165, 1.54) is 0 Å². The molecule has 7 nitrogen and oxygen atoms in total. The van der Waals surface area contributed by atoms with E-state index < -0.39 is 5.60 Å². The van der Waals surface area contributed by atoms with E-state index in [9.17, 15) is 4.79 Å². The Kier molecular flexibility index (Phi) is 4.82. The number of hydrogen-bond donors (Lipinski definition) is 2. The predicted molar refractivity (Wildman–Crippen MR) is 76.7 cm³/mol. The molecule has 2 rings (SSSR count). The molecule has 2 unspecified atom stereocenters. The minimum absolute atomic E-state index is 0.157. The van der Waals surface area contributed by atoms with Gasteiger partial charge in [-0.15, -0.1) is 0 Å². The number of alkyl carbamates (subject to hydrolysis) is 1. The number of nitrogens with one attached hydrogen (secondary N) is 2. The molecule has 2 N–H and O–H groups in total. The van der Waals surface area contributed by atoms with Gasteiger partial charge in [0.1, 0.15) is 5.60 Å². The second kappa shape index (κ2) is 6.43. The van der Waals surface area contributed by atoms with Crippen LogP contribution in [0.15, 0.2) is 4.52 Å². The molecule has 1 amide bonds. The number of hydrogen-bond acceptors (Lipinski definition) is 6. The molecule has 1 aromatic heterocycles. The fraction of sp³-hybridized carbons (Fsp3) is 0.786. The summed E-state index contributed by atoms with van der Waals surface area (Å²) in [4.78, 5) is 15.9. The molecule has 0 radical (unpaired) electrons. The Labute approximate surface area is 124 Å². The Morgan fingerprint density at radius 3 is 2.71 bits per heavy atom. The van der Waals surface area contributed by atoms with E-state index in [2.05, 4.69) is 20.8 Å². The first kappa shape index (κ1) is 15.8. The van der Waals surface area contributed by atoms with Crippen molar-refractivity contribution in [3.63, 3.8) is 0 Å². The smallest absolute Gasteiger partial charge is 0.407 e. The van der Waals surface area contributed by atoms with Crippen molar-refractivity contribution in [1.82, 2.24) is 20.8 Å². The molecule has 1 fully saturated rings. The number of rotatable bonds is 4. The summed E-state index contributed by atoms with van der Waals surface area (Å²) in [7, 11) is 0. The zero-order chi connectivity index (χ0) is 15.5. The Morgan fingerprint density at radius 1 is 1.38 bits per heavy atom. The molecule has 1 aliphatic rings. The summed E-state index contributed by atoms with van der Waals surface area (Å²) in [6.45, 7) is 7.93. The minimum atomic E-state index is -0.461. The van der Waals surface area contributed by atoms with Crippen LogP contribution in [0.4, 0.5) is 4.79 Å². The number of carbonyl (C=O) groups excluding carboxylic acids is 1. The third-order valence-electron chi connectivity index (χ3n) is 3.27. The van der Waals surface area contributed by atoms with Gasteiger partial charge >= 0.3 is 6.09 Å². The van der Waals surface area contributed by atoms with Gasteiger partial charge in [0.15, 0.2) is 5.82 Å². The Morgan fingerprint density at radius 2 is 2.10 bits per heavy atom. The SMILES string of the molecule is Cc1nc(CNC2CCC(NC(=O)OC(C)(C)C)C2)no1. The van der Waals surface area contributed by atoms with Crippen molar-refractivity contribution >= 4 is 6.09 Å². The highest BCUT2D eigenvalue weighted by Crippen LogP contribution is 2.20. The summed E-state index contributed by atoms with van der Waals surface area (Å²) in [5.74, 6) is 1.23. The van der Waals surface area contributed by atoms with Crippen LogP contribution < -0.4 is 10.6 Å². The van der Waals surface area contributed by atoms with Gasteiger partial charge in [-0.25, -0.2) is 4.79 Å². The van der Waals surface area contributed by atoms with Crippen molar-refractivity contribution in [2.45, 2.75) is 71.2 Å². The van der Waals surface area contributed by atoms with Crippen LogP contribution in [0.5, 0.6) is 0 Å². The number of ether oxygens (including phenoxy) is 1. The summed E-state index contributed by atoms with van der Waals surface area (Å²) in [5, 5.41) is 10.1. The van der Waals surface area contributed by atoms with Crippen LogP contribution in [0.2, 0.25) is 0 Å². The van der Waals surface area contributed by atoms with Crippen molar-refractivity contribution in [3.05, 3.63) is 11.7 Å². The molecule has 0 aromatic carbocycles. The maximum atomic E-state index is 11.7. The van der Waals surface area contributed by atoms with Gasteiger partial charge in [0.25, 0.3) is 0 Å². The maximum Gasteiger partial charge on any atom is 0.407 e. The summed E-state index contributed by atoms with van der Waals surface area (Å²) in [5.41, 5.74) is -0.461. The summed E-state index contributed by atoms with van der Waals surface area (Å²) < 4.78 is 10.2. The Balaban J connectivity index is 1.70. The van der Waals surface area contributed by atoms with Crippen LogP contribution in [0.3, 0.4) is 0 Å². The lowest BCUT2D eigenvalue weighted by atomic mass is 10.2. The van der Waals surface area contributed by atoms with Crippen LogP contribution in [0.25, 0.3) is 0 Å². The molecule has 1 heterocycles. The quantitative estimate of drug-likeness (QED) is 0.882. The van der Waals surface area contributed by atoms with Crippen molar-refractivity contribution in [3.8, 4) is 0 Å². The number of carbonyl (C=O) groups is 1. The molecule has 118 valence electrons. The van der Waals surface area contributed by atoms with Crippen LogP contribution in [-0.2, 0) is 11.3 Å². The molecule has 0 bridgehead atoms. The lowest BCUT2D eigenvalue weighted by Crippen LogP contribution is -2.39. The first-order valence-electron chi connectivity index (χ1n) is 7.34. The van der Waals surface area contributed by atoms with E-state index in [0.717, 1.165) is 19.3 Å². The van der Waals surface area contributed by atoms with E-state index >= 15 is 0 Å². The van der Waals surface area contributed by atoms with Gasteiger partial charge < -0.3 is 19.9 Å². The predicted octanol–water partition coefficient (Wildman–Crippen LogP) is 1.91. The molecular weight excluding hydrogens is 272 g/mol. The van der Waals surface area contributed by atoms with Crippen LogP contribution in [0, 0.1) is 6.92 Å².